The van der Waals surface area contributed by atoms with Gasteiger partial charge in [0.1, 0.15) is 0 Å². The summed E-state index contributed by atoms with van der Waals surface area (Å²) in [5, 5.41) is 0. The monoisotopic (exact) mass is 220 g/mol. The van der Waals surface area contributed by atoms with Gasteiger partial charge in [-0.2, -0.15) is 0 Å². The van der Waals surface area contributed by atoms with Gasteiger partial charge in [-0.05, 0) is 25.3 Å². The maximum atomic E-state index is 5.69. The van der Waals surface area contributed by atoms with Crippen LogP contribution in [0.15, 0.2) is 25.0 Å². The predicted octanol–water partition coefficient (Wildman–Crippen LogP) is 1.24. The van der Waals surface area contributed by atoms with Gasteiger partial charge in [0.25, 0.3) is 0 Å². The van der Waals surface area contributed by atoms with Crippen molar-refractivity contribution in [3.8, 4) is 0 Å². The highest BCUT2D eigenvalue weighted by Gasteiger charge is 2.20. The molecular weight excluding hydrogens is 200 g/mol. The lowest BCUT2D eigenvalue weighted by Gasteiger charge is -2.32. The summed E-state index contributed by atoms with van der Waals surface area (Å²) in [5.41, 5.74) is 5.69. The minimum Gasteiger partial charge on any atom is -0.342 e. The van der Waals surface area contributed by atoms with Crippen LogP contribution in [0, 0.1) is 5.92 Å². The second-order valence-corrected chi connectivity index (χ2v) is 4.33. The fraction of sp³-hybridized carbons (Fsp3) is 0.583. The number of nitrogens with zero attached hydrogens (tertiary/aromatic N) is 3. The van der Waals surface area contributed by atoms with Gasteiger partial charge in [-0.15, -0.1) is 6.58 Å². The summed E-state index contributed by atoms with van der Waals surface area (Å²) in [7, 11) is 0. The molecule has 0 radical (unpaired) electrons. The van der Waals surface area contributed by atoms with E-state index in [9.17, 15) is 0 Å². The SMILES string of the molecule is C=CCn1ccnc1N1CCC(CN)CC1. The molecule has 0 aromatic carbocycles. The van der Waals surface area contributed by atoms with Gasteiger partial charge < -0.3 is 15.2 Å². The van der Waals surface area contributed by atoms with Crippen molar-refractivity contribution in [1.29, 1.82) is 0 Å². The van der Waals surface area contributed by atoms with Gasteiger partial charge >= 0.3 is 0 Å². The Balaban J connectivity index is 2.02. The fourth-order valence-electron chi connectivity index (χ4n) is 2.23. The maximum Gasteiger partial charge on any atom is 0.205 e. The molecule has 0 aliphatic carbocycles. The van der Waals surface area contributed by atoms with Crippen molar-refractivity contribution in [2.75, 3.05) is 24.5 Å². The summed E-state index contributed by atoms with van der Waals surface area (Å²) in [6.07, 6.45) is 8.12. The van der Waals surface area contributed by atoms with Crippen molar-refractivity contribution in [2.45, 2.75) is 19.4 Å². The van der Waals surface area contributed by atoms with Crippen LogP contribution in [0.2, 0.25) is 0 Å². The highest BCUT2D eigenvalue weighted by atomic mass is 15.3. The zero-order valence-corrected chi connectivity index (χ0v) is 9.68. The van der Waals surface area contributed by atoms with E-state index in [0.29, 0.717) is 5.92 Å². The molecule has 88 valence electrons. The first kappa shape index (κ1) is 11.2. The topological polar surface area (TPSA) is 47.1 Å². The van der Waals surface area contributed by atoms with E-state index >= 15 is 0 Å². The molecule has 0 unspecified atom stereocenters. The van der Waals surface area contributed by atoms with E-state index in [2.05, 4.69) is 21.0 Å². The molecular formula is C12H20N4. The lowest BCUT2D eigenvalue weighted by atomic mass is 9.97. The summed E-state index contributed by atoms with van der Waals surface area (Å²) >= 11 is 0. The number of piperidine rings is 1. The highest BCUT2D eigenvalue weighted by Crippen LogP contribution is 2.21. The Hall–Kier alpha value is -1.29. The molecule has 2 N–H and O–H groups in total. The van der Waals surface area contributed by atoms with E-state index in [1.165, 1.54) is 12.8 Å². The Kier molecular flexibility index (Phi) is 3.62. The van der Waals surface area contributed by atoms with Crippen LogP contribution < -0.4 is 10.6 Å². The quantitative estimate of drug-likeness (QED) is 0.777. The number of hydrogen-bond donors (Lipinski definition) is 1. The van der Waals surface area contributed by atoms with Crippen LogP contribution >= 0.6 is 0 Å². The van der Waals surface area contributed by atoms with Crippen molar-refractivity contribution in [2.24, 2.45) is 11.7 Å². The molecule has 1 aromatic rings. The van der Waals surface area contributed by atoms with E-state index in [0.717, 1.165) is 32.1 Å². The summed E-state index contributed by atoms with van der Waals surface area (Å²) in [4.78, 5) is 6.76. The molecule has 0 saturated carbocycles. The molecule has 0 atom stereocenters. The lowest BCUT2D eigenvalue weighted by Crippen LogP contribution is -2.37. The van der Waals surface area contributed by atoms with Crippen LogP contribution in [0.5, 0.6) is 0 Å². The number of imidazole rings is 1. The lowest BCUT2D eigenvalue weighted by molar-refractivity contribution is 0.409. The Labute approximate surface area is 96.8 Å². The molecule has 16 heavy (non-hydrogen) atoms. The third-order valence-electron chi connectivity index (χ3n) is 3.25. The van der Waals surface area contributed by atoms with Crippen molar-refractivity contribution in [3.63, 3.8) is 0 Å². The Bertz CT molecular complexity index is 337. The van der Waals surface area contributed by atoms with Crippen LogP contribution in [0.1, 0.15) is 12.8 Å². The molecule has 1 saturated heterocycles. The Morgan fingerprint density at radius 1 is 1.50 bits per heavy atom. The maximum absolute atomic E-state index is 5.69. The second kappa shape index (κ2) is 5.16. The molecule has 1 fully saturated rings. The van der Waals surface area contributed by atoms with Gasteiger partial charge in [0.15, 0.2) is 0 Å². The van der Waals surface area contributed by atoms with E-state index < -0.39 is 0 Å². The van der Waals surface area contributed by atoms with Crippen molar-refractivity contribution >= 4 is 5.95 Å². The van der Waals surface area contributed by atoms with E-state index in [4.69, 9.17) is 5.73 Å². The molecule has 1 aliphatic rings. The molecule has 2 heterocycles. The third-order valence-corrected chi connectivity index (χ3v) is 3.25. The van der Waals surface area contributed by atoms with Gasteiger partial charge in [0.05, 0.1) is 0 Å². The molecule has 2 rings (SSSR count). The third kappa shape index (κ3) is 2.27. The number of aromatic nitrogens is 2. The predicted molar refractivity (Wildman–Crippen MR) is 66.4 cm³/mol. The standard InChI is InChI=1S/C12H20N4/c1-2-6-15-9-5-14-12(15)16-7-3-11(10-13)4-8-16/h2,5,9,11H,1,3-4,6-8,10,13H2. The van der Waals surface area contributed by atoms with Gasteiger partial charge in [-0.25, -0.2) is 4.98 Å². The van der Waals surface area contributed by atoms with Crippen molar-refractivity contribution in [1.82, 2.24) is 9.55 Å². The molecule has 0 amide bonds. The van der Waals surface area contributed by atoms with Gasteiger partial charge in [-0.3, -0.25) is 0 Å². The Morgan fingerprint density at radius 2 is 2.25 bits per heavy atom. The second-order valence-electron chi connectivity index (χ2n) is 4.33. The Morgan fingerprint density at radius 3 is 2.88 bits per heavy atom. The summed E-state index contributed by atoms with van der Waals surface area (Å²) in [6.45, 7) is 7.53. The van der Waals surface area contributed by atoms with Crippen molar-refractivity contribution < 1.29 is 0 Å². The van der Waals surface area contributed by atoms with Crippen LogP contribution in [0.25, 0.3) is 0 Å². The average molecular weight is 220 g/mol. The molecule has 4 nitrogen and oxygen atoms in total. The average Bonchev–Trinajstić information content (AvgIpc) is 2.78. The van der Waals surface area contributed by atoms with Gasteiger partial charge in [0, 0.05) is 32.0 Å². The number of nitrogens with two attached hydrogens (primary N) is 1. The number of hydrogen-bond acceptors (Lipinski definition) is 3. The smallest absolute Gasteiger partial charge is 0.205 e. The summed E-state index contributed by atoms with van der Waals surface area (Å²) in [5.74, 6) is 1.76. The molecule has 0 bridgehead atoms. The zero-order valence-electron chi connectivity index (χ0n) is 9.68. The number of allylic oxidation sites excluding steroid dienone is 1. The first-order chi connectivity index (χ1) is 7.85. The van der Waals surface area contributed by atoms with Gasteiger partial charge in [0.2, 0.25) is 5.95 Å². The number of rotatable bonds is 4. The summed E-state index contributed by atoms with van der Waals surface area (Å²) in [6, 6.07) is 0. The molecule has 0 spiro atoms. The zero-order chi connectivity index (χ0) is 11.4. The minimum atomic E-state index is 0.694. The van der Waals surface area contributed by atoms with E-state index in [-0.39, 0.29) is 0 Å². The molecule has 1 aliphatic heterocycles. The largest absolute Gasteiger partial charge is 0.342 e. The van der Waals surface area contributed by atoms with E-state index in [1.54, 1.807) is 0 Å². The fourth-order valence-corrected chi connectivity index (χ4v) is 2.23. The number of anilines is 1. The minimum absolute atomic E-state index is 0.694. The van der Waals surface area contributed by atoms with Crippen LogP contribution in [-0.4, -0.2) is 29.2 Å². The van der Waals surface area contributed by atoms with Gasteiger partial charge in [-0.1, -0.05) is 6.08 Å². The van der Waals surface area contributed by atoms with Crippen molar-refractivity contribution in [3.05, 3.63) is 25.0 Å². The first-order valence-corrected chi connectivity index (χ1v) is 5.92. The normalized spacial score (nSPS) is 17.7. The highest BCUT2D eigenvalue weighted by molar-refractivity contribution is 5.32. The van der Waals surface area contributed by atoms with Crippen LogP contribution in [0.3, 0.4) is 0 Å². The first-order valence-electron chi connectivity index (χ1n) is 5.92. The summed E-state index contributed by atoms with van der Waals surface area (Å²) < 4.78 is 2.13. The van der Waals surface area contributed by atoms with Crippen LogP contribution in [0.4, 0.5) is 5.95 Å². The molecule has 1 aromatic heterocycles. The van der Waals surface area contributed by atoms with E-state index in [1.807, 2.05) is 18.5 Å². The molecule has 4 heteroatoms. The van der Waals surface area contributed by atoms with Crippen LogP contribution in [-0.2, 0) is 6.54 Å².